The molecule has 3 rings (SSSR count). The zero-order chi connectivity index (χ0) is 16.1. The van der Waals surface area contributed by atoms with Gasteiger partial charge in [0.1, 0.15) is 17.5 Å². The van der Waals surface area contributed by atoms with E-state index in [1.54, 1.807) is 36.9 Å². The Morgan fingerprint density at radius 1 is 0.826 bits per heavy atom. The van der Waals surface area contributed by atoms with Crippen molar-refractivity contribution in [2.75, 3.05) is 0 Å². The molecular formula is C15H13N7O. The Hall–Kier alpha value is -3.29. The number of nitrogens with two attached hydrogens (primary N) is 1. The smallest absolute Gasteiger partial charge is 0.252 e. The van der Waals surface area contributed by atoms with E-state index in [-0.39, 0.29) is 5.56 Å². The van der Waals surface area contributed by atoms with Crippen LogP contribution in [0, 0.1) is 0 Å². The summed E-state index contributed by atoms with van der Waals surface area (Å²) in [7, 11) is 0. The SMILES string of the molecule is NC(=O)c1cnc(Cc2ncccn2)nc1Cc1ncccn1. The minimum atomic E-state index is -0.585. The molecule has 3 aromatic heterocycles. The Balaban J connectivity index is 1.91. The summed E-state index contributed by atoms with van der Waals surface area (Å²) in [5.41, 5.74) is 6.14. The van der Waals surface area contributed by atoms with Crippen molar-refractivity contribution in [3.63, 3.8) is 0 Å². The first-order valence-corrected chi connectivity index (χ1v) is 6.89. The summed E-state index contributed by atoms with van der Waals surface area (Å²) in [5.74, 6) is 1.07. The lowest BCUT2D eigenvalue weighted by molar-refractivity contribution is 0.0998. The van der Waals surface area contributed by atoms with Gasteiger partial charge in [-0.3, -0.25) is 4.79 Å². The Labute approximate surface area is 131 Å². The summed E-state index contributed by atoms with van der Waals surface area (Å²) >= 11 is 0. The Bertz CT molecular complexity index is 809. The van der Waals surface area contributed by atoms with E-state index >= 15 is 0 Å². The van der Waals surface area contributed by atoms with Gasteiger partial charge in [0, 0.05) is 31.0 Å². The fraction of sp³-hybridized carbons (Fsp3) is 0.133. The zero-order valence-electron chi connectivity index (χ0n) is 12.1. The van der Waals surface area contributed by atoms with Gasteiger partial charge in [0.05, 0.1) is 24.1 Å². The van der Waals surface area contributed by atoms with E-state index in [0.29, 0.717) is 36.0 Å². The van der Waals surface area contributed by atoms with Crippen LogP contribution in [0.1, 0.15) is 33.5 Å². The van der Waals surface area contributed by atoms with Crippen molar-refractivity contribution < 1.29 is 4.79 Å². The van der Waals surface area contributed by atoms with Gasteiger partial charge < -0.3 is 5.73 Å². The molecule has 0 aliphatic carbocycles. The summed E-state index contributed by atoms with van der Waals surface area (Å²) in [5, 5.41) is 0. The molecule has 0 spiro atoms. The second kappa shape index (κ2) is 6.65. The normalized spacial score (nSPS) is 10.4. The van der Waals surface area contributed by atoms with E-state index in [2.05, 4.69) is 29.9 Å². The average molecular weight is 307 g/mol. The molecule has 2 N–H and O–H groups in total. The maximum Gasteiger partial charge on any atom is 0.252 e. The molecule has 0 atom stereocenters. The van der Waals surface area contributed by atoms with Gasteiger partial charge >= 0.3 is 0 Å². The van der Waals surface area contributed by atoms with Crippen molar-refractivity contribution >= 4 is 5.91 Å². The Morgan fingerprint density at radius 2 is 1.39 bits per heavy atom. The van der Waals surface area contributed by atoms with E-state index in [1.165, 1.54) is 6.20 Å². The standard InChI is InChI=1S/C15H13N7O/c16-15(23)10-9-21-14(8-13-19-5-2-6-20-13)22-11(10)7-12-17-3-1-4-18-12/h1-6,9H,7-8H2,(H2,16,23). The highest BCUT2D eigenvalue weighted by Crippen LogP contribution is 2.10. The van der Waals surface area contributed by atoms with Crippen molar-refractivity contribution in [2.45, 2.75) is 12.8 Å². The maximum absolute atomic E-state index is 11.6. The summed E-state index contributed by atoms with van der Waals surface area (Å²) in [4.78, 5) is 36.7. The first kappa shape index (κ1) is 14.6. The predicted molar refractivity (Wildman–Crippen MR) is 80.2 cm³/mol. The fourth-order valence-corrected chi connectivity index (χ4v) is 2.02. The van der Waals surface area contributed by atoms with Crippen LogP contribution in [0.4, 0.5) is 0 Å². The number of hydrogen-bond donors (Lipinski definition) is 1. The number of carbonyl (C=O) groups excluding carboxylic acids is 1. The molecule has 0 saturated carbocycles. The van der Waals surface area contributed by atoms with E-state index in [4.69, 9.17) is 5.73 Å². The number of nitrogens with zero attached hydrogens (tertiary/aromatic N) is 6. The summed E-state index contributed by atoms with van der Waals surface area (Å²) in [6.45, 7) is 0. The van der Waals surface area contributed by atoms with Gasteiger partial charge in [0.2, 0.25) is 0 Å². The lowest BCUT2D eigenvalue weighted by Gasteiger charge is -2.07. The van der Waals surface area contributed by atoms with Crippen LogP contribution in [0.15, 0.2) is 43.1 Å². The van der Waals surface area contributed by atoms with Crippen molar-refractivity contribution in [3.05, 3.63) is 71.8 Å². The summed E-state index contributed by atoms with van der Waals surface area (Å²) in [6.07, 6.45) is 8.65. The first-order valence-electron chi connectivity index (χ1n) is 6.89. The van der Waals surface area contributed by atoms with E-state index in [0.717, 1.165) is 0 Å². The van der Waals surface area contributed by atoms with Crippen molar-refractivity contribution in [3.8, 4) is 0 Å². The number of hydrogen-bond acceptors (Lipinski definition) is 7. The molecule has 8 heteroatoms. The van der Waals surface area contributed by atoms with Crippen LogP contribution in [0.3, 0.4) is 0 Å². The topological polar surface area (TPSA) is 120 Å². The molecule has 0 aliphatic rings. The van der Waals surface area contributed by atoms with E-state index < -0.39 is 5.91 Å². The van der Waals surface area contributed by atoms with Gasteiger partial charge in [-0.25, -0.2) is 29.9 Å². The lowest BCUT2D eigenvalue weighted by atomic mass is 10.1. The van der Waals surface area contributed by atoms with Crippen LogP contribution in [0.2, 0.25) is 0 Å². The average Bonchev–Trinajstić information content (AvgIpc) is 2.57. The largest absolute Gasteiger partial charge is 0.365 e. The third-order valence-corrected chi connectivity index (χ3v) is 3.06. The molecule has 1 amide bonds. The maximum atomic E-state index is 11.6. The van der Waals surface area contributed by atoms with Gasteiger partial charge in [-0.1, -0.05) is 0 Å². The highest BCUT2D eigenvalue weighted by atomic mass is 16.1. The molecule has 0 unspecified atom stereocenters. The molecule has 8 nitrogen and oxygen atoms in total. The van der Waals surface area contributed by atoms with Gasteiger partial charge in [-0.05, 0) is 12.1 Å². The molecule has 3 heterocycles. The van der Waals surface area contributed by atoms with Crippen molar-refractivity contribution in [1.82, 2.24) is 29.9 Å². The van der Waals surface area contributed by atoms with Crippen LogP contribution < -0.4 is 5.73 Å². The van der Waals surface area contributed by atoms with Crippen LogP contribution >= 0.6 is 0 Å². The molecule has 23 heavy (non-hydrogen) atoms. The van der Waals surface area contributed by atoms with Gasteiger partial charge in [0.25, 0.3) is 5.91 Å². The lowest BCUT2D eigenvalue weighted by Crippen LogP contribution is -2.17. The highest BCUT2D eigenvalue weighted by molar-refractivity contribution is 5.93. The minimum absolute atomic E-state index is 0.259. The Morgan fingerprint density at radius 3 is 1.96 bits per heavy atom. The monoisotopic (exact) mass is 307 g/mol. The van der Waals surface area contributed by atoms with Gasteiger partial charge in [-0.2, -0.15) is 0 Å². The second-order valence-corrected chi connectivity index (χ2v) is 4.69. The highest BCUT2D eigenvalue weighted by Gasteiger charge is 2.14. The minimum Gasteiger partial charge on any atom is -0.365 e. The summed E-state index contributed by atoms with van der Waals surface area (Å²) in [6, 6.07) is 3.45. The first-order chi connectivity index (χ1) is 11.2. The van der Waals surface area contributed by atoms with Crippen LogP contribution in [-0.2, 0) is 12.8 Å². The van der Waals surface area contributed by atoms with Crippen molar-refractivity contribution in [2.24, 2.45) is 5.73 Å². The molecule has 0 bridgehead atoms. The molecule has 0 aromatic carbocycles. The molecule has 0 aliphatic heterocycles. The third kappa shape index (κ3) is 3.67. The molecule has 0 radical (unpaired) electrons. The van der Waals surface area contributed by atoms with Gasteiger partial charge in [-0.15, -0.1) is 0 Å². The van der Waals surface area contributed by atoms with Crippen LogP contribution in [0.5, 0.6) is 0 Å². The molecule has 114 valence electrons. The zero-order valence-corrected chi connectivity index (χ0v) is 12.1. The molecule has 3 aromatic rings. The third-order valence-electron chi connectivity index (χ3n) is 3.06. The van der Waals surface area contributed by atoms with Crippen LogP contribution in [0.25, 0.3) is 0 Å². The van der Waals surface area contributed by atoms with E-state index in [1.807, 2.05) is 0 Å². The number of carbonyl (C=O) groups is 1. The number of primary amides is 1. The molecular weight excluding hydrogens is 294 g/mol. The van der Waals surface area contributed by atoms with E-state index in [9.17, 15) is 4.79 Å². The predicted octanol–water partition coefficient (Wildman–Crippen LogP) is 0.337. The Kier molecular flexibility index (Phi) is 4.23. The van der Waals surface area contributed by atoms with Crippen molar-refractivity contribution in [1.29, 1.82) is 0 Å². The quantitative estimate of drug-likeness (QED) is 0.721. The van der Waals surface area contributed by atoms with Crippen LogP contribution in [-0.4, -0.2) is 35.8 Å². The molecule has 0 fully saturated rings. The second-order valence-electron chi connectivity index (χ2n) is 4.69. The summed E-state index contributed by atoms with van der Waals surface area (Å²) < 4.78 is 0. The number of rotatable bonds is 5. The number of amides is 1. The number of aromatic nitrogens is 6. The molecule has 0 saturated heterocycles. The van der Waals surface area contributed by atoms with Gasteiger partial charge in [0.15, 0.2) is 0 Å². The fourth-order valence-electron chi connectivity index (χ4n) is 2.02.